The maximum Gasteiger partial charge on any atom is 0.262 e. The van der Waals surface area contributed by atoms with Crippen molar-refractivity contribution >= 4 is 40.1 Å². The zero-order valence-electron chi connectivity index (χ0n) is 18.7. The number of nitrogens with zero attached hydrogens (tertiary/aromatic N) is 3. The van der Waals surface area contributed by atoms with Crippen LogP contribution in [0.4, 0.5) is 18.9 Å². The molecule has 3 aromatic carbocycles. The Bertz CT molecular complexity index is 1360. The summed E-state index contributed by atoms with van der Waals surface area (Å²) in [5, 5.41) is 8.49. The maximum atomic E-state index is 13.5. The molecule has 0 aromatic heterocycles. The number of anilines is 1. The van der Waals surface area contributed by atoms with Crippen LogP contribution in [0.3, 0.4) is 0 Å². The van der Waals surface area contributed by atoms with Gasteiger partial charge in [0.05, 0.1) is 11.8 Å². The van der Waals surface area contributed by atoms with E-state index in [4.69, 9.17) is 0 Å². The molecule has 1 N–H and O–H groups in total. The van der Waals surface area contributed by atoms with Gasteiger partial charge in [-0.2, -0.15) is 10.1 Å². The molecule has 0 unspecified atom stereocenters. The third-order valence-electron chi connectivity index (χ3n) is 5.77. The van der Waals surface area contributed by atoms with Crippen LogP contribution in [0.5, 0.6) is 0 Å². The predicted octanol–water partition coefficient (Wildman–Crippen LogP) is 5.28. The van der Waals surface area contributed by atoms with E-state index in [1.165, 1.54) is 48.5 Å². The van der Waals surface area contributed by atoms with Gasteiger partial charge in [0.15, 0.2) is 5.17 Å². The Balaban J connectivity index is 1.35. The summed E-state index contributed by atoms with van der Waals surface area (Å²) in [7, 11) is 0. The van der Waals surface area contributed by atoms with Crippen LogP contribution in [0.1, 0.15) is 30.0 Å². The predicted molar refractivity (Wildman–Crippen MR) is 132 cm³/mol. The van der Waals surface area contributed by atoms with Crippen molar-refractivity contribution in [1.29, 1.82) is 0 Å². The van der Waals surface area contributed by atoms with Crippen LogP contribution in [0.15, 0.2) is 82.9 Å². The number of carbonyl (C=O) groups is 2. The molecule has 0 saturated carbocycles. The average molecular weight is 509 g/mol. The number of carbonyl (C=O) groups excluding carboxylic acids is 2. The van der Waals surface area contributed by atoms with Crippen molar-refractivity contribution in [1.82, 2.24) is 5.01 Å². The molecule has 2 heterocycles. The van der Waals surface area contributed by atoms with E-state index in [1.54, 1.807) is 29.3 Å². The molecule has 2 atom stereocenters. The van der Waals surface area contributed by atoms with Crippen molar-refractivity contribution in [3.05, 3.63) is 101 Å². The largest absolute Gasteiger partial charge is 0.326 e. The first-order valence-corrected chi connectivity index (χ1v) is 12.0. The van der Waals surface area contributed by atoms with Gasteiger partial charge in [0.2, 0.25) is 5.91 Å². The smallest absolute Gasteiger partial charge is 0.262 e. The highest BCUT2D eigenvalue weighted by atomic mass is 32.2. The Morgan fingerprint density at radius 2 is 1.50 bits per heavy atom. The molecule has 3 aromatic rings. The highest BCUT2D eigenvalue weighted by molar-refractivity contribution is 8.15. The van der Waals surface area contributed by atoms with Gasteiger partial charge >= 0.3 is 0 Å². The first kappa shape index (κ1) is 23.8. The fourth-order valence-corrected chi connectivity index (χ4v) is 5.03. The molecule has 36 heavy (non-hydrogen) atoms. The first-order chi connectivity index (χ1) is 17.4. The van der Waals surface area contributed by atoms with Gasteiger partial charge in [0.1, 0.15) is 22.7 Å². The summed E-state index contributed by atoms with van der Waals surface area (Å²) in [4.78, 5) is 29.3. The van der Waals surface area contributed by atoms with E-state index >= 15 is 0 Å². The van der Waals surface area contributed by atoms with Gasteiger partial charge in [0, 0.05) is 18.5 Å². The molecule has 0 fully saturated rings. The van der Waals surface area contributed by atoms with E-state index in [9.17, 15) is 22.8 Å². The van der Waals surface area contributed by atoms with Crippen LogP contribution in [0.25, 0.3) is 0 Å². The molecular formula is C26H19F3N4O2S. The number of aliphatic imine (C=N–C) groups is 1. The van der Waals surface area contributed by atoms with Crippen molar-refractivity contribution in [2.45, 2.75) is 24.1 Å². The summed E-state index contributed by atoms with van der Waals surface area (Å²) in [5.41, 5.74) is 2.57. The summed E-state index contributed by atoms with van der Waals surface area (Å²) in [5.74, 6) is -2.04. The minimum absolute atomic E-state index is 0.128. The Morgan fingerprint density at radius 3 is 2.14 bits per heavy atom. The molecule has 182 valence electrons. The van der Waals surface area contributed by atoms with Crippen molar-refractivity contribution in [2.75, 3.05) is 5.32 Å². The SMILES string of the molecule is O=C(C[C@H]1SC(N2N=C(c3ccc(F)cc3)C[C@H]2c2ccc(F)cc2)=NC1=O)Nc1ccc(F)cc1. The highest BCUT2D eigenvalue weighted by Gasteiger charge is 2.39. The number of halogens is 3. The third kappa shape index (κ3) is 5.18. The minimum atomic E-state index is -0.751. The quantitative estimate of drug-likeness (QED) is 0.509. The molecule has 0 spiro atoms. The van der Waals surface area contributed by atoms with Crippen molar-refractivity contribution < 1.29 is 22.8 Å². The first-order valence-electron chi connectivity index (χ1n) is 11.1. The van der Waals surface area contributed by atoms with Crippen LogP contribution in [0.2, 0.25) is 0 Å². The number of rotatable bonds is 5. The summed E-state index contributed by atoms with van der Waals surface area (Å²) in [6.07, 6.45) is 0.304. The lowest BCUT2D eigenvalue weighted by Gasteiger charge is -2.23. The van der Waals surface area contributed by atoms with E-state index in [-0.39, 0.29) is 24.1 Å². The van der Waals surface area contributed by atoms with Crippen molar-refractivity contribution in [3.8, 4) is 0 Å². The Hall–Kier alpha value is -3.92. The minimum Gasteiger partial charge on any atom is -0.326 e. The molecule has 2 aliphatic rings. The fraction of sp³-hybridized carbons (Fsp3) is 0.154. The molecular weight excluding hydrogens is 489 g/mol. The van der Waals surface area contributed by atoms with Gasteiger partial charge in [-0.3, -0.25) is 9.59 Å². The summed E-state index contributed by atoms with van der Waals surface area (Å²) in [6, 6.07) is 16.9. The third-order valence-corrected chi connectivity index (χ3v) is 6.91. The van der Waals surface area contributed by atoms with E-state index in [1.807, 2.05) is 0 Å². The lowest BCUT2D eigenvalue weighted by atomic mass is 9.98. The Labute approximate surface area is 208 Å². The molecule has 2 amide bonds. The summed E-state index contributed by atoms with van der Waals surface area (Å²) < 4.78 is 40.1. The van der Waals surface area contributed by atoms with E-state index in [2.05, 4.69) is 15.4 Å². The zero-order chi connectivity index (χ0) is 25.2. The fourth-order valence-electron chi connectivity index (χ4n) is 3.97. The van der Waals surface area contributed by atoms with Gasteiger partial charge in [-0.1, -0.05) is 36.0 Å². The van der Waals surface area contributed by atoms with Crippen LogP contribution in [-0.4, -0.2) is 33.0 Å². The van der Waals surface area contributed by atoms with E-state index in [0.29, 0.717) is 23.0 Å². The molecule has 5 rings (SSSR count). The number of nitrogens with one attached hydrogen (secondary N) is 1. The molecule has 0 aliphatic carbocycles. The summed E-state index contributed by atoms with van der Waals surface area (Å²) >= 11 is 1.12. The molecule has 0 bridgehead atoms. The Morgan fingerprint density at radius 1 is 0.917 bits per heavy atom. The topological polar surface area (TPSA) is 74.1 Å². The Kier molecular flexibility index (Phi) is 6.60. The molecule has 6 nitrogen and oxygen atoms in total. The number of hydrazone groups is 1. The van der Waals surface area contributed by atoms with Gasteiger partial charge < -0.3 is 5.32 Å². The second-order valence-electron chi connectivity index (χ2n) is 8.27. The monoisotopic (exact) mass is 508 g/mol. The van der Waals surface area contributed by atoms with Gasteiger partial charge in [-0.25, -0.2) is 18.2 Å². The van der Waals surface area contributed by atoms with Crippen LogP contribution < -0.4 is 5.32 Å². The van der Waals surface area contributed by atoms with E-state index in [0.717, 1.165) is 22.9 Å². The number of thioether (sulfide) groups is 1. The second kappa shape index (κ2) is 9.98. The maximum absolute atomic E-state index is 13.5. The van der Waals surface area contributed by atoms with E-state index < -0.39 is 22.9 Å². The van der Waals surface area contributed by atoms with Gasteiger partial charge in [-0.15, -0.1) is 0 Å². The number of benzene rings is 3. The van der Waals surface area contributed by atoms with Crippen LogP contribution in [0, 0.1) is 17.5 Å². The molecule has 2 aliphatic heterocycles. The van der Waals surface area contributed by atoms with Crippen molar-refractivity contribution in [3.63, 3.8) is 0 Å². The van der Waals surface area contributed by atoms with Crippen molar-refractivity contribution in [2.24, 2.45) is 10.1 Å². The normalized spacial score (nSPS) is 19.3. The summed E-state index contributed by atoms with van der Waals surface area (Å²) in [6.45, 7) is 0. The van der Waals surface area contributed by atoms with Gasteiger partial charge in [-0.05, 0) is 59.7 Å². The molecule has 10 heteroatoms. The zero-order valence-corrected chi connectivity index (χ0v) is 19.5. The number of hydrogen-bond donors (Lipinski definition) is 1. The van der Waals surface area contributed by atoms with Gasteiger partial charge in [0.25, 0.3) is 5.91 Å². The second-order valence-corrected chi connectivity index (χ2v) is 9.44. The lowest BCUT2D eigenvalue weighted by molar-refractivity contribution is -0.121. The number of hydrogen-bond acceptors (Lipinski definition) is 5. The highest BCUT2D eigenvalue weighted by Crippen LogP contribution is 2.38. The number of amidine groups is 1. The standard InChI is InChI=1S/C26H19F3N4O2S/c27-17-5-1-15(2-6-17)21-13-22(16-3-7-18(28)8-4-16)33(32-21)26-31-25(35)23(36-26)14-24(34)30-20-11-9-19(29)10-12-20/h1-12,22-23H,13-14H2,(H,30,34)/t22-,23+/m0/s1. The molecule has 0 radical (unpaired) electrons. The average Bonchev–Trinajstić information content (AvgIpc) is 3.45. The number of amides is 2. The van der Waals surface area contributed by atoms with Crippen LogP contribution >= 0.6 is 11.8 Å². The van der Waals surface area contributed by atoms with Crippen LogP contribution in [-0.2, 0) is 9.59 Å². The molecule has 0 saturated heterocycles. The lowest BCUT2D eigenvalue weighted by Crippen LogP contribution is -2.25.